The molecule has 1 aliphatic heterocycles. The number of urea groups is 1. The first kappa shape index (κ1) is 19.4. The average Bonchev–Trinajstić information content (AvgIpc) is 2.99. The van der Waals surface area contributed by atoms with Crippen molar-refractivity contribution in [3.8, 4) is 0 Å². The molecule has 0 saturated carbocycles. The molecule has 0 saturated heterocycles. The summed E-state index contributed by atoms with van der Waals surface area (Å²) in [5, 5.41) is 2.69. The number of amides is 4. The van der Waals surface area contributed by atoms with Gasteiger partial charge in [0, 0.05) is 12.1 Å². The molecule has 4 amide bonds. The number of benzene rings is 2. The topological polar surface area (TPSA) is 130 Å². The van der Waals surface area contributed by atoms with Crippen LogP contribution in [-0.4, -0.2) is 43.3 Å². The van der Waals surface area contributed by atoms with E-state index in [4.69, 9.17) is 5.73 Å². The molecule has 2 aromatic carbocycles. The normalized spacial score (nSPS) is 13.1. The number of primary amides is 1. The van der Waals surface area contributed by atoms with Gasteiger partial charge in [0.25, 0.3) is 15.9 Å². The molecule has 1 heterocycles. The third-order valence-electron chi connectivity index (χ3n) is 4.33. The Kier molecular flexibility index (Phi) is 5.32. The average molecular weight is 402 g/mol. The van der Waals surface area contributed by atoms with Gasteiger partial charge in [0.15, 0.2) is 0 Å². The molecule has 0 spiro atoms. The number of nitrogens with two attached hydrogens (primary N) is 1. The Morgan fingerprint density at radius 2 is 1.86 bits per heavy atom. The van der Waals surface area contributed by atoms with Gasteiger partial charge < -0.3 is 5.73 Å². The number of carbonyl (C=O) groups is 3. The number of sulfonamides is 1. The van der Waals surface area contributed by atoms with Crippen LogP contribution in [-0.2, 0) is 27.8 Å². The summed E-state index contributed by atoms with van der Waals surface area (Å²) in [6, 6.07) is 11.8. The van der Waals surface area contributed by atoms with Crippen LogP contribution >= 0.6 is 0 Å². The molecule has 3 rings (SSSR count). The van der Waals surface area contributed by atoms with Crippen LogP contribution in [0.15, 0.2) is 53.4 Å². The molecule has 0 bridgehead atoms. The van der Waals surface area contributed by atoms with Crippen LogP contribution in [0.1, 0.15) is 21.5 Å². The van der Waals surface area contributed by atoms with E-state index in [-0.39, 0.29) is 17.3 Å². The highest BCUT2D eigenvalue weighted by atomic mass is 32.2. The summed E-state index contributed by atoms with van der Waals surface area (Å²) in [6.45, 7) is 0.568. The maximum absolute atomic E-state index is 12.5. The molecule has 146 valence electrons. The molecule has 2 aromatic rings. The van der Waals surface area contributed by atoms with E-state index >= 15 is 0 Å². The van der Waals surface area contributed by atoms with Crippen LogP contribution in [0.3, 0.4) is 0 Å². The van der Waals surface area contributed by atoms with Crippen LogP contribution < -0.4 is 10.5 Å². The first-order chi connectivity index (χ1) is 13.3. The zero-order chi connectivity index (χ0) is 20.3. The van der Waals surface area contributed by atoms with E-state index in [2.05, 4.69) is 0 Å². The van der Waals surface area contributed by atoms with Crippen LogP contribution in [0.25, 0.3) is 0 Å². The Morgan fingerprint density at radius 1 is 1.18 bits per heavy atom. The van der Waals surface area contributed by atoms with E-state index in [0.717, 1.165) is 11.1 Å². The minimum Gasteiger partial charge on any atom is -0.351 e. The molecule has 0 radical (unpaired) electrons. The smallest absolute Gasteiger partial charge is 0.326 e. The fourth-order valence-corrected chi connectivity index (χ4v) is 3.82. The van der Waals surface area contributed by atoms with Crippen LogP contribution in [0.5, 0.6) is 0 Å². The molecule has 28 heavy (non-hydrogen) atoms. The first-order valence-electron chi connectivity index (χ1n) is 8.34. The highest BCUT2D eigenvalue weighted by Crippen LogP contribution is 2.23. The van der Waals surface area contributed by atoms with Gasteiger partial charge in [-0.05, 0) is 35.7 Å². The molecule has 9 nitrogen and oxygen atoms in total. The zero-order valence-corrected chi connectivity index (χ0v) is 15.6. The summed E-state index contributed by atoms with van der Waals surface area (Å²) in [6.07, 6.45) is 1.00. The second-order valence-corrected chi connectivity index (χ2v) is 7.83. The highest BCUT2D eigenvalue weighted by molar-refractivity contribution is 7.90. The quantitative estimate of drug-likeness (QED) is 0.656. The molecule has 0 fully saturated rings. The standard InChI is InChI=1S/C18H18N4O5S/c19-18(25)20-28(26,27)15-7-5-13(6-8-15)9-10-21(12-23)22-11-14-3-1-2-4-16(14)17(22)24/h1-8,12H,9-11H2,(H3,19,20,25). The maximum Gasteiger partial charge on any atom is 0.326 e. The number of carbonyl (C=O) groups excluding carboxylic acids is 3. The van der Waals surface area contributed by atoms with Crippen LogP contribution in [0.2, 0.25) is 0 Å². The fraction of sp³-hybridized carbons (Fsp3) is 0.167. The van der Waals surface area contributed by atoms with E-state index in [1.165, 1.54) is 22.2 Å². The molecule has 0 aromatic heterocycles. The number of fused-ring (bicyclic) bond motifs is 1. The fourth-order valence-electron chi connectivity index (χ4n) is 2.95. The summed E-state index contributed by atoms with van der Waals surface area (Å²) in [7, 11) is -4.01. The van der Waals surface area contributed by atoms with E-state index in [1.54, 1.807) is 29.0 Å². The van der Waals surface area contributed by atoms with Gasteiger partial charge in [0.2, 0.25) is 6.41 Å². The highest BCUT2D eigenvalue weighted by Gasteiger charge is 2.30. The Hall–Kier alpha value is -3.40. The molecule has 3 N–H and O–H groups in total. The van der Waals surface area contributed by atoms with Gasteiger partial charge in [0.1, 0.15) is 0 Å². The number of hydrogen-bond acceptors (Lipinski definition) is 5. The van der Waals surface area contributed by atoms with Crippen molar-refractivity contribution in [1.82, 2.24) is 14.7 Å². The Morgan fingerprint density at radius 3 is 2.46 bits per heavy atom. The minimum absolute atomic E-state index is 0.104. The molecule has 0 atom stereocenters. The number of nitrogens with zero attached hydrogens (tertiary/aromatic N) is 2. The van der Waals surface area contributed by atoms with Gasteiger partial charge in [-0.15, -0.1) is 0 Å². The summed E-state index contributed by atoms with van der Waals surface area (Å²) in [5.41, 5.74) is 7.04. The molecular weight excluding hydrogens is 384 g/mol. The predicted molar refractivity (Wildman–Crippen MR) is 99.1 cm³/mol. The van der Waals surface area contributed by atoms with Gasteiger partial charge >= 0.3 is 6.03 Å². The third kappa shape index (κ3) is 3.96. The van der Waals surface area contributed by atoms with Crippen molar-refractivity contribution in [2.75, 3.05) is 6.54 Å². The lowest BCUT2D eigenvalue weighted by molar-refractivity contribution is -0.130. The third-order valence-corrected chi connectivity index (χ3v) is 5.69. The van der Waals surface area contributed by atoms with E-state index < -0.39 is 16.1 Å². The lowest BCUT2D eigenvalue weighted by atomic mass is 10.1. The molecule has 0 unspecified atom stereocenters. The van der Waals surface area contributed by atoms with Crippen molar-refractivity contribution >= 4 is 28.4 Å². The summed E-state index contributed by atoms with van der Waals surface area (Å²) < 4.78 is 25.4. The predicted octanol–water partition coefficient (Wildman–Crippen LogP) is 0.615. The lowest BCUT2D eigenvalue weighted by Gasteiger charge is -2.27. The number of hydrogen-bond donors (Lipinski definition) is 2. The molecule has 10 heteroatoms. The van der Waals surface area contributed by atoms with Crippen LogP contribution in [0.4, 0.5) is 4.79 Å². The summed E-state index contributed by atoms with van der Waals surface area (Å²) >= 11 is 0. The Bertz CT molecular complexity index is 1020. The van der Waals surface area contributed by atoms with Crippen molar-refractivity contribution in [1.29, 1.82) is 0 Å². The number of nitrogens with one attached hydrogen (secondary N) is 1. The molecule has 0 aliphatic carbocycles. The van der Waals surface area contributed by atoms with E-state index in [9.17, 15) is 22.8 Å². The summed E-state index contributed by atoms with van der Waals surface area (Å²) in [4.78, 5) is 34.6. The van der Waals surface area contributed by atoms with E-state index in [1.807, 2.05) is 12.1 Å². The number of rotatable bonds is 7. The maximum atomic E-state index is 12.5. The monoisotopic (exact) mass is 402 g/mol. The Labute approximate surface area is 161 Å². The van der Waals surface area contributed by atoms with Crippen molar-refractivity contribution < 1.29 is 22.8 Å². The minimum atomic E-state index is -4.01. The first-order valence-corrected chi connectivity index (χ1v) is 9.83. The van der Waals surface area contributed by atoms with Gasteiger partial charge in [-0.1, -0.05) is 30.3 Å². The van der Waals surface area contributed by atoms with Gasteiger partial charge in [-0.2, -0.15) is 0 Å². The second-order valence-electron chi connectivity index (χ2n) is 6.15. The van der Waals surface area contributed by atoms with Crippen molar-refractivity contribution in [2.24, 2.45) is 5.73 Å². The van der Waals surface area contributed by atoms with Gasteiger partial charge in [-0.3, -0.25) is 14.6 Å². The van der Waals surface area contributed by atoms with Gasteiger partial charge in [0.05, 0.1) is 11.4 Å². The van der Waals surface area contributed by atoms with Crippen LogP contribution in [0, 0.1) is 0 Å². The largest absolute Gasteiger partial charge is 0.351 e. The lowest BCUT2D eigenvalue weighted by Crippen LogP contribution is -2.43. The molecular formula is C18H18N4O5S. The zero-order valence-electron chi connectivity index (χ0n) is 14.7. The number of hydrazine groups is 1. The SMILES string of the molecule is NC(=O)NS(=O)(=O)c1ccc(CCN(C=O)N2Cc3ccccc3C2=O)cc1. The summed E-state index contributed by atoms with van der Waals surface area (Å²) in [5.74, 6) is -0.235. The molecule has 1 aliphatic rings. The van der Waals surface area contributed by atoms with Crippen molar-refractivity contribution in [3.05, 3.63) is 65.2 Å². The second kappa shape index (κ2) is 7.69. The van der Waals surface area contributed by atoms with Gasteiger partial charge in [-0.25, -0.2) is 22.9 Å². The van der Waals surface area contributed by atoms with E-state index in [0.29, 0.717) is 24.9 Å². The van der Waals surface area contributed by atoms with Crippen molar-refractivity contribution in [3.63, 3.8) is 0 Å². The Balaban J connectivity index is 1.66. The van der Waals surface area contributed by atoms with Crippen molar-refractivity contribution in [2.45, 2.75) is 17.9 Å².